The van der Waals surface area contributed by atoms with Crippen molar-refractivity contribution in [3.8, 4) is 5.75 Å². The van der Waals surface area contributed by atoms with Crippen LogP contribution in [0.3, 0.4) is 0 Å². The van der Waals surface area contributed by atoms with Gasteiger partial charge in [0.1, 0.15) is 0 Å². The Bertz CT molecular complexity index is 439. The number of hydrogen-bond donors (Lipinski definition) is 2. The van der Waals surface area contributed by atoms with Gasteiger partial charge < -0.3 is 15.4 Å². The summed E-state index contributed by atoms with van der Waals surface area (Å²) < 4.78 is 18.0. The number of nitrogens with one attached hydrogen (secondary N) is 2. The molecule has 0 unspecified atom stereocenters. The Labute approximate surface area is 118 Å². The van der Waals surface area contributed by atoms with Crippen LogP contribution in [0.5, 0.6) is 5.75 Å². The topological polar surface area (TPSA) is 50.4 Å². The van der Waals surface area contributed by atoms with Gasteiger partial charge in [-0.15, -0.1) is 12.4 Å². The highest BCUT2D eigenvalue weighted by molar-refractivity contribution is 5.92. The molecule has 1 fully saturated rings. The van der Waals surface area contributed by atoms with E-state index in [1.54, 1.807) is 0 Å². The third-order valence-electron chi connectivity index (χ3n) is 2.85. The van der Waals surface area contributed by atoms with Crippen molar-refractivity contribution in [3.63, 3.8) is 0 Å². The lowest BCUT2D eigenvalue weighted by atomic mass is 10.3. The molecule has 0 radical (unpaired) electrons. The Hall–Kier alpha value is -1.33. The van der Waals surface area contributed by atoms with E-state index in [0.29, 0.717) is 5.69 Å². The molecule has 1 aliphatic rings. The Morgan fingerprint density at radius 1 is 1.47 bits per heavy atom. The number of halogens is 2. The molecule has 1 saturated carbocycles. The van der Waals surface area contributed by atoms with Crippen molar-refractivity contribution in [3.05, 3.63) is 24.0 Å². The molecule has 106 valence electrons. The van der Waals surface area contributed by atoms with E-state index in [-0.39, 0.29) is 30.6 Å². The van der Waals surface area contributed by atoms with E-state index < -0.39 is 5.82 Å². The molecule has 1 aliphatic carbocycles. The Morgan fingerprint density at radius 3 is 2.84 bits per heavy atom. The van der Waals surface area contributed by atoms with Crippen LogP contribution in [0.15, 0.2) is 18.2 Å². The molecule has 6 heteroatoms. The summed E-state index contributed by atoms with van der Waals surface area (Å²) in [6.07, 6.45) is 2.51. The predicted octanol–water partition coefficient (Wildman–Crippen LogP) is 2.19. The first-order valence-electron chi connectivity index (χ1n) is 6.03. The highest BCUT2D eigenvalue weighted by Gasteiger charge is 2.20. The second kappa shape index (κ2) is 7.31. The van der Waals surface area contributed by atoms with Crippen LogP contribution in [-0.2, 0) is 4.79 Å². The molecule has 0 saturated heterocycles. The van der Waals surface area contributed by atoms with E-state index in [1.807, 2.05) is 0 Å². The predicted molar refractivity (Wildman–Crippen MR) is 74.4 cm³/mol. The minimum atomic E-state index is -0.442. The van der Waals surface area contributed by atoms with Gasteiger partial charge >= 0.3 is 0 Å². The van der Waals surface area contributed by atoms with Crippen molar-refractivity contribution < 1.29 is 13.9 Å². The van der Waals surface area contributed by atoms with Crippen LogP contribution in [0.4, 0.5) is 10.1 Å². The molecule has 0 aliphatic heterocycles. The number of rotatable bonds is 6. The normalized spacial score (nSPS) is 13.6. The van der Waals surface area contributed by atoms with Crippen LogP contribution in [0.25, 0.3) is 0 Å². The molecule has 1 aromatic rings. The zero-order chi connectivity index (χ0) is 13.0. The molecule has 2 N–H and O–H groups in total. The number of anilines is 1. The Morgan fingerprint density at radius 2 is 2.21 bits per heavy atom. The molecule has 0 bridgehead atoms. The highest BCUT2D eigenvalue weighted by atomic mass is 35.5. The molecule has 0 aromatic heterocycles. The summed E-state index contributed by atoms with van der Waals surface area (Å²) in [5, 5.41) is 5.78. The van der Waals surface area contributed by atoms with E-state index in [4.69, 9.17) is 4.74 Å². The number of carbonyl (C=O) groups excluding carboxylic acids is 1. The van der Waals surface area contributed by atoms with E-state index in [0.717, 1.165) is 12.5 Å². The quantitative estimate of drug-likeness (QED) is 0.844. The summed E-state index contributed by atoms with van der Waals surface area (Å²) in [5.74, 6) is 0.286. The van der Waals surface area contributed by atoms with Crippen LogP contribution in [-0.4, -0.2) is 26.1 Å². The number of hydrogen-bond acceptors (Lipinski definition) is 3. The van der Waals surface area contributed by atoms with Gasteiger partial charge in [-0.1, -0.05) is 0 Å². The molecule has 2 rings (SSSR count). The third-order valence-corrected chi connectivity index (χ3v) is 2.85. The SMILES string of the molecule is COc1cc(NC(=O)CNCC2CC2)ccc1F.Cl. The van der Waals surface area contributed by atoms with E-state index in [2.05, 4.69) is 10.6 Å². The maximum absolute atomic E-state index is 13.2. The minimum absolute atomic E-state index is 0. The van der Waals surface area contributed by atoms with Crippen LogP contribution < -0.4 is 15.4 Å². The van der Waals surface area contributed by atoms with Crippen molar-refractivity contribution >= 4 is 24.0 Å². The molecular weight excluding hydrogens is 271 g/mol. The second-order valence-electron chi connectivity index (χ2n) is 4.47. The molecule has 19 heavy (non-hydrogen) atoms. The fraction of sp³-hybridized carbons (Fsp3) is 0.462. The lowest BCUT2D eigenvalue weighted by Crippen LogP contribution is -2.29. The lowest BCUT2D eigenvalue weighted by Gasteiger charge is -2.08. The van der Waals surface area contributed by atoms with Crippen molar-refractivity contribution in [2.24, 2.45) is 5.92 Å². The van der Waals surface area contributed by atoms with Crippen molar-refractivity contribution in [2.45, 2.75) is 12.8 Å². The van der Waals surface area contributed by atoms with Gasteiger partial charge in [0.15, 0.2) is 11.6 Å². The van der Waals surface area contributed by atoms with Gasteiger partial charge in [0.05, 0.1) is 13.7 Å². The number of methoxy groups -OCH3 is 1. The standard InChI is InChI=1S/C13H17FN2O2.ClH/c1-18-12-6-10(4-5-11(12)14)16-13(17)8-15-7-9-2-3-9;/h4-6,9,15H,2-3,7-8H2,1H3,(H,16,17);1H. The largest absolute Gasteiger partial charge is 0.494 e. The fourth-order valence-corrected chi connectivity index (χ4v) is 1.65. The van der Waals surface area contributed by atoms with Gasteiger partial charge in [0.25, 0.3) is 0 Å². The molecule has 1 amide bonds. The van der Waals surface area contributed by atoms with E-state index in [9.17, 15) is 9.18 Å². The number of benzene rings is 1. The summed E-state index contributed by atoms with van der Waals surface area (Å²) in [6, 6.07) is 4.25. The van der Waals surface area contributed by atoms with E-state index >= 15 is 0 Å². The van der Waals surface area contributed by atoms with Gasteiger partial charge in [-0.25, -0.2) is 4.39 Å². The van der Waals surface area contributed by atoms with Crippen molar-refractivity contribution in [2.75, 3.05) is 25.5 Å². The number of carbonyl (C=O) groups is 1. The molecule has 4 nitrogen and oxygen atoms in total. The van der Waals surface area contributed by atoms with Gasteiger partial charge in [0.2, 0.25) is 5.91 Å². The van der Waals surface area contributed by atoms with Crippen molar-refractivity contribution in [1.29, 1.82) is 0 Å². The van der Waals surface area contributed by atoms with Crippen LogP contribution in [0.2, 0.25) is 0 Å². The van der Waals surface area contributed by atoms with E-state index in [1.165, 1.54) is 38.2 Å². The maximum Gasteiger partial charge on any atom is 0.238 e. The van der Waals surface area contributed by atoms with Gasteiger partial charge in [0, 0.05) is 11.8 Å². The monoisotopic (exact) mass is 288 g/mol. The zero-order valence-corrected chi connectivity index (χ0v) is 11.6. The molecular formula is C13H18ClFN2O2. The highest BCUT2D eigenvalue weighted by Crippen LogP contribution is 2.27. The van der Waals surface area contributed by atoms with Gasteiger partial charge in [-0.05, 0) is 37.4 Å². The molecule has 0 atom stereocenters. The number of amides is 1. The lowest BCUT2D eigenvalue weighted by molar-refractivity contribution is -0.115. The summed E-state index contributed by atoms with van der Waals surface area (Å²) in [4.78, 5) is 11.6. The average molecular weight is 289 g/mol. The Balaban J connectivity index is 0.00000180. The zero-order valence-electron chi connectivity index (χ0n) is 10.7. The van der Waals surface area contributed by atoms with Gasteiger partial charge in [-0.2, -0.15) is 0 Å². The smallest absolute Gasteiger partial charge is 0.238 e. The minimum Gasteiger partial charge on any atom is -0.494 e. The first kappa shape index (κ1) is 15.7. The van der Waals surface area contributed by atoms with Crippen molar-refractivity contribution in [1.82, 2.24) is 5.32 Å². The summed E-state index contributed by atoms with van der Waals surface area (Å²) in [7, 11) is 1.39. The molecule has 0 heterocycles. The average Bonchev–Trinajstić information content (AvgIpc) is 3.15. The first-order chi connectivity index (χ1) is 8.69. The van der Waals surface area contributed by atoms with Gasteiger partial charge in [-0.3, -0.25) is 4.79 Å². The first-order valence-corrected chi connectivity index (χ1v) is 6.03. The summed E-state index contributed by atoms with van der Waals surface area (Å²) >= 11 is 0. The number of ether oxygens (including phenoxy) is 1. The summed E-state index contributed by atoms with van der Waals surface area (Å²) in [6.45, 7) is 1.16. The van der Waals surface area contributed by atoms with Crippen LogP contribution >= 0.6 is 12.4 Å². The van der Waals surface area contributed by atoms with Crippen LogP contribution in [0.1, 0.15) is 12.8 Å². The maximum atomic E-state index is 13.2. The van der Waals surface area contributed by atoms with Crippen LogP contribution in [0, 0.1) is 11.7 Å². The molecule has 1 aromatic carbocycles. The molecule has 0 spiro atoms. The summed E-state index contributed by atoms with van der Waals surface area (Å²) in [5.41, 5.74) is 0.534. The Kier molecular flexibility index (Phi) is 6.05. The fourth-order valence-electron chi connectivity index (χ4n) is 1.65. The second-order valence-corrected chi connectivity index (χ2v) is 4.47. The third kappa shape index (κ3) is 5.04.